The Morgan fingerprint density at radius 3 is 2.27 bits per heavy atom. The molecule has 0 saturated carbocycles. The molecule has 0 amide bonds. The smallest absolute Gasteiger partial charge is 0.143 e. The lowest BCUT2D eigenvalue weighted by Crippen LogP contribution is -2.07. The fourth-order valence-corrected chi connectivity index (χ4v) is 5.61. The van der Waals surface area contributed by atoms with Gasteiger partial charge in [0.25, 0.3) is 0 Å². The van der Waals surface area contributed by atoms with Gasteiger partial charge in [0.15, 0.2) is 0 Å². The number of hydrogen-bond acceptors (Lipinski definition) is 2. The molecule has 0 saturated heterocycles. The Hall–Kier alpha value is -5.86. The van der Waals surface area contributed by atoms with Crippen molar-refractivity contribution in [2.45, 2.75) is 6.92 Å². The Labute approximate surface area is 265 Å². The van der Waals surface area contributed by atoms with Crippen molar-refractivity contribution in [1.82, 2.24) is 4.90 Å². The maximum absolute atomic E-state index is 6.60. The third kappa shape index (κ3) is 6.27. The van der Waals surface area contributed by atoms with Gasteiger partial charge < -0.3 is 9.32 Å². The minimum Gasteiger partial charge on any atom is -0.455 e. The molecule has 0 aliphatic heterocycles. The zero-order valence-corrected chi connectivity index (χ0v) is 25.4. The molecule has 1 aromatic heterocycles. The van der Waals surface area contributed by atoms with E-state index >= 15 is 0 Å². The van der Waals surface area contributed by atoms with E-state index in [0.717, 1.165) is 49.7 Å². The minimum atomic E-state index is 0.866. The van der Waals surface area contributed by atoms with Gasteiger partial charge in [0.05, 0.1) is 0 Å². The maximum Gasteiger partial charge on any atom is 0.143 e. The molecule has 45 heavy (non-hydrogen) atoms. The van der Waals surface area contributed by atoms with Crippen LogP contribution in [0.5, 0.6) is 0 Å². The fourth-order valence-electron chi connectivity index (χ4n) is 5.61. The van der Waals surface area contributed by atoms with Gasteiger partial charge in [-0.25, -0.2) is 0 Å². The summed E-state index contributed by atoms with van der Waals surface area (Å²) in [5.41, 5.74) is 8.25. The van der Waals surface area contributed by atoms with Crippen LogP contribution in [0.15, 0.2) is 187 Å². The molecule has 0 N–H and O–H groups in total. The van der Waals surface area contributed by atoms with Crippen molar-refractivity contribution in [2.24, 2.45) is 0 Å². The predicted molar refractivity (Wildman–Crippen MR) is 194 cm³/mol. The highest BCUT2D eigenvalue weighted by Gasteiger charge is 2.13. The van der Waals surface area contributed by atoms with Crippen LogP contribution in [-0.4, -0.2) is 4.90 Å². The average molecular weight is 582 g/mol. The third-order valence-electron chi connectivity index (χ3n) is 7.78. The molecule has 5 aromatic carbocycles. The standard InChI is InChI=1S/C43H35NO/c1-4-7-23-38(31-37-21-14-25-40-41-27-26-34-18-11-12-24-39(34)43(41)45-42(37)40)44(28-5-2)29-15-22-32(6-3)35-19-13-20-36(30-35)33-16-9-8-10-17-33/h4-31H,1,3H2,2H3/b23-7-,28-5+,29-15+,32-22+,38-31-. The highest BCUT2D eigenvalue weighted by atomic mass is 16.3. The van der Waals surface area contributed by atoms with Gasteiger partial charge in [-0.05, 0) is 64.9 Å². The molecule has 0 radical (unpaired) electrons. The number of hydrogen-bond donors (Lipinski definition) is 0. The monoisotopic (exact) mass is 581 g/mol. The van der Waals surface area contributed by atoms with Crippen molar-refractivity contribution in [3.8, 4) is 11.1 Å². The molecule has 6 rings (SSSR count). The van der Waals surface area contributed by atoms with Gasteiger partial charge in [-0.3, -0.25) is 0 Å². The van der Waals surface area contributed by atoms with Crippen LogP contribution < -0.4 is 0 Å². The first-order valence-electron chi connectivity index (χ1n) is 15.1. The zero-order chi connectivity index (χ0) is 31.0. The molecule has 2 heteroatoms. The van der Waals surface area contributed by atoms with Gasteiger partial charge in [0, 0.05) is 39.8 Å². The van der Waals surface area contributed by atoms with E-state index < -0.39 is 0 Å². The molecule has 0 aliphatic rings. The molecule has 0 atom stereocenters. The molecule has 218 valence electrons. The van der Waals surface area contributed by atoms with Gasteiger partial charge >= 0.3 is 0 Å². The summed E-state index contributed by atoms with van der Waals surface area (Å²) >= 11 is 0. The van der Waals surface area contributed by atoms with E-state index in [9.17, 15) is 0 Å². The second-order valence-electron chi connectivity index (χ2n) is 10.7. The number of benzene rings is 5. The molecule has 1 heterocycles. The van der Waals surface area contributed by atoms with Gasteiger partial charge in [-0.2, -0.15) is 0 Å². The van der Waals surface area contributed by atoms with Crippen LogP contribution in [0, 0.1) is 0 Å². The fraction of sp³-hybridized carbons (Fsp3) is 0.0233. The molecular weight excluding hydrogens is 546 g/mol. The Bertz CT molecular complexity index is 2150. The molecule has 0 fully saturated rings. The van der Waals surface area contributed by atoms with E-state index in [1.54, 1.807) is 6.08 Å². The predicted octanol–water partition coefficient (Wildman–Crippen LogP) is 12.1. The summed E-state index contributed by atoms with van der Waals surface area (Å²) in [7, 11) is 0. The molecule has 6 aromatic rings. The summed E-state index contributed by atoms with van der Waals surface area (Å²) in [6.07, 6.45) is 20.1. The van der Waals surface area contributed by atoms with Gasteiger partial charge in [-0.15, -0.1) is 0 Å². The Kier molecular flexibility index (Phi) is 8.85. The van der Waals surface area contributed by atoms with Crippen molar-refractivity contribution in [3.63, 3.8) is 0 Å². The summed E-state index contributed by atoms with van der Waals surface area (Å²) in [5, 5.41) is 4.50. The van der Waals surface area contributed by atoms with Gasteiger partial charge in [0.2, 0.25) is 0 Å². The number of fused-ring (bicyclic) bond motifs is 5. The summed E-state index contributed by atoms with van der Waals surface area (Å²) in [4.78, 5) is 2.09. The largest absolute Gasteiger partial charge is 0.455 e. The second kappa shape index (κ2) is 13.6. The van der Waals surface area contributed by atoms with E-state index in [-0.39, 0.29) is 0 Å². The van der Waals surface area contributed by atoms with E-state index in [1.165, 1.54) is 16.5 Å². The van der Waals surface area contributed by atoms with Crippen molar-refractivity contribution >= 4 is 44.4 Å². The SMILES string of the molecule is C=C/C=C\C(=C\c1cccc2c1oc1c3ccccc3ccc21)N(/C=C/C)/C=C/C=C(\C=C)c1cccc(-c2ccccc2)c1. The average Bonchev–Trinajstić information content (AvgIpc) is 3.49. The summed E-state index contributed by atoms with van der Waals surface area (Å²) in [6.45, 7) is 10.0. The molecule has 0 aliphatic carbocycles. The normalized spacial score (nSPS) is 12.7. The first kappa shape index (κ1) is 29.2. The van der Waals surface area contributed by atoms with Crippen LogP contribution in [0.1, 0.15) is 18.1 Å². The van der Waals surface area contributed by atoms with E-state index in [2.05, 4.69) is 152 Å². The van der Waals surface area contributed by atoms with Crippen molar-refractivity contribution in [3.05, 3.63) is 194 Å². The van der Waals surface area contributed by atoms with E-state index in [0.29, 0.717) is 0 Å². The van der Waals surface area contributed by atoms with Crippen LogP contribution in [0.4, 0.5) is 0 Å². The highest BCUT2D eigenvalue weighted by Crippen LogP contribution is 2.36. The Balaban J connectivity index is 1.38. The zero-order valence-electron chi connectivity index (χ0n) is 25.4. The Morgan fingerprint density at radius 1 is 0.689 bits per heavy atom. The van der Waals surface area contributed by atoms with E-state index in [1.807, 2.05) is 37.4 Å². The van der Waals surface area contributed by atoms with Gasteiger partial charge in [0.1, 0.15) is 11.2 Å². The number of furan rings is 1. The molecule has 0 unspecified atom stereocenters. The number of rotatable bonds is 10. The molecule has 2 nitrogen and oxygen atoms in total. The van der Waals surface area contributed by atoms with Crippen LogP contribution >= 0.6 is 0 Å². The quantitative estimate of drug-likeness (QED) is 0.150. The topological polar surface area (TPSA) is 16.4 Å². The van der Waals surface area contributed by atoms with Crippen molar-refractivity contribution in [2.75, 3.05) is 0 Å². The third-order valence-corrected chi connectivity index (χ3v) is 7.78. The summed E-state index contributed by atoms with van der Waals surface area (Å²) in [5.74, 6) is 0. The number of para-hydroxylation sites is 1. The highest BCUT2D eigenvalue weighted by molar-refractivity contribution is 6.16. The summed E-state index contributed by atoms with van der Waals surface area (Å²) < 4.78 is 6.60. The number of nitrogens with zero attached hydrogens (tertiary/aromatic N) is 1. The van der Waals surface area contributed by atoms with Crippen LogP contribution in [0.25, 0.3) is 55.5 Å². The Morgan fingerprint density at radius 2 is 1.44 bits per heavy atom. The number of allylic oxidation sites excluding steroid dienone is 8. The first-order chi connectivity index (χ1) is 22.2. The lowest BCUT2D eigenvalue weighted by Gasteiger charge is -2.17. The lowest BCUT2D eigenvalue weighted by molar-refractivity contribution is 0.654. The molecule has 0 spiro atoms. The minimum absolute atomic E-state index is 0.866. The lowest BCUT2D eigenvalue weighted by atomic mass is 9.99. The summed E-state index contributed by atoms with van der Waals surface area (Å²) in [6, 6.07) is 38.0. The molecular formula is C43H35NO. The van der Waals surface area contributed by atoms with E-state index in [4.69, 9.17) is 4.42 Å². The van der Waals surface area contributed by atoms with Crippen molar-refractivity contribution < 1.29 is 4.42 Å². The molecule has 0 bridgehead atoms. The first-order valence-corrected chi connectivity index (χ1v) is 15.1. The van der Waals surface area contributed by atoms with Crippen molar-refractivity contribution in [1.29, 1.82) is 0 Å². The van der Waals surface area contributed by atoms with Gasteiger partial charge in [-0.1, -0.05) is 141 Å². The van der Waals surface area contributed by atoms with Crippen LogP contribution in [0.3, 0.4) is 0 Å². The van der Waals surface area contributed by atoms with Crippen LogP contribution in [-0.2, 0) is 0 Å². The van der Waals surface area contributed by atoms with Crippen LogP contribution in [0.2, 0.25) is 0 Å². The maximum atomic E-state index is 6.60. The second-order valence-corrected chi connectivity index (χ2v) is 10.7.